The Balaban J connectivity index is 1.87. The van der Waals surface area contributed by atoms with Gasteiger partial charge in [0.1, 0.15) is 6.10 Å². The molecule has 2 rings (SSSR count). The zero-order chi connectivity index (χ0) is 10.7. The van der Waals surface area contributed by atoms with E-state index in [1.54, 1.807) is 0 Å². The van der Waals surface area contributed by atoms with Crippen molar-refractivity contribution in [2.75, 3.05) is 26.7 Å². The van der Waals surface area contributed by atoms with Gasteiger partial charge in [0.2, 0.25) is 0 Å². The van der Waals surface area contributed by atoms with Gasteiger partial charge in [-0.3, -0.25) is 4.79 Å². The molecule has 0 aromatic heterocycles. The molecule has 0 aliphatic carbocycles. The number of nitrogens with zero attached hydrogens (tertiary/aromatic N) is 1. The van der Waals surface area contributed by atoms with E-state index in [4.69, 9.17) is 4.74 Å². The summed E-state index contributed by atoms with van der Waals surface area (Å²) < 4.78 is 5.42. The van der Waals surface area contributed by atoms with Crippen molar-refractivity contribution >= 4 is 5.91 Å². The van der Waals surface area contributed by atoms with Crippen molar-refractivity contribution in [2.24, 2.45) is 0 Å². The van der Waals surface area contributed by atoms with Gasteiger partial charge >= 0.3 is 0 Å². The van der Waals surface area contributed by atoms with Crippen molar-refractivity contribution < 1.29 is 9.53 Å². The Morgan fingerprint density at radius 3 is 2.87 bits per heavy atom. The first-order chi connectivity index (χ1) is 7.29. The van der Waals surface area contributed by atoms with E-state index in [-0.39, 0.29) is 12.0 Å². The molecule has 2 fully saturated rings. The van der Waals surface area contributed by atoms with Crippen molar-refractivity contribution in [3.63, 3.8) is 0 Å². The van der Waals surface area contributed by atoms with Gasteiger partial charge in [-0.15, -0.1) is 0 Å². The molecular formula is C11H20N2O2. The van der Waals surface area contributed by atoms with E-state index in [9.17, 15) is 4.79 Å². The molecule has 2 aliphatic heterocycles. The molecule has 0 bridgehead atoms. The van der Waals surface area contributed by atoms with Crippen molar-refractivity contribution in [2.45, 2.75) is 37.8 Å². The van der Waals surface area contributed by atoms with Gasteiger partial charge in [-0.05, 0) is 32.2 Å². The van der Waals surface area contributed by atoms with Gasteiger partial charge in [0.05, 0.1) is 0 Å². The molecule has 2 aliphatic rings. The summed E-state index contributed by atoms with van der Waals surface area (Å²) in [6.07, 6.45) is 4.02. The molecule has 86 valence electrons. The van der Waals surface area contributed by atoms with Crippen molar-refractivity contribution in [1.82, 2.24) is 10.2 Å². The Morgan fingerprint density at radius 1 is 1.40 bits per heavy atom. The summed E-state index contributed by atoms with van der Waals surface area (Å²) >= 11 is 0. The quantitative estimate of drug-likeness (QED) is 0.719. The van der Waals surface area contributed by atoms with Gasteiger partial charge < -0.3 is 15.0 Å². The number of carbonyl (C=O) groups is 1. The highest BCUT2D eigenvalue weighted by molar-refractivity contribution is 5.81. The number of ether oxygens (including phenoxy) is 1. The van der Waals surface area contributed by atoms with Crippen LogP contribution in [0.3, 0.4) is 0 Å². The summed E-state index contributed by atoms with van der Waals surface area (Å²) in [5.41, 5.74) is 0. The molecule has 0 aromatic rings. The Bertz CT molecular complexity index is 221. The third-order valence-electron chi connectivity index (χ3n) is 3.37. The van der Waals surface area contributed by atoms with Gasteiger partial charge in [-0.25, -0.2) is 0 Å². The molecule has 4 nitrogen and oxygen atoms in total. The van der Waals surface area contributed by atoms with Gasteiger partial charge in [-0.1, -0.05) is 0 Å². The molecule has 1 N–H and O–H groups in total. The molecule has 0 aromatic carbocycles. The minimum atomic E-state index is -0.170. The van der Waals surface area contributed by atoms with E-state index >= 15 is 0 Å². The minimum absolute atomic E-state index is 0.168. The maximum atomic E-state index is 12.0. The normalized spacial score (nSPS) is 31.5. The smallest absolute Gasteiger partial charge is 0.251 e. The molecule has 4 heteroatoms. The number of carbonyl (C=O) groups excluding carboxylic acids is 1. The van der Waals surface area contributed by atoms with Crippen LogP contribution in [0.25, 0.3) is 0 Å². The highest BCUT2D eigenvalue weighted by atomic mass is 16.5. The SMILES string of the molecule is CN(C(=O)C1CCCO1)C1CCCNC1. The Hall–Kier alpha value is -0.610. The Kier molecular flexibility index (Phi) is 3.59. The number of rotatable bonds is 2. The van der Waals surface area contributed by atoms with Crippen LogP contribution in [-0.4, -0.2) is 49.7 Å². The maximum Gasteiger partial charge on any atom is 0.251 e. The average molecular weight is 212 g/mol. The van der Waals surface area contributed by atoms with Gasteiger partial charge in [0.25, 0.3) is 5.91 Å². The topological polar surface area (TPSA) is 41.6 Å². The number of likely N-dealkylation sites (N-methyl/N-ethyl adjacent to an activating group) is 1. The van der Waals surface area contributed by atoms with Crippen LogP contribution in [0.1, 0.15) is 25.7 Å². The van der Waals surface area contributed by atoms with E-state index in [0.717, 1.165) is 45.4 Å². The number of amides is 1. The lowest BCUT2D eigenvalue weighted by atomic mass is 10.1. The van der Waals surface area contributed by atoms with Crippen LogP contribution in [0.15, 0.2) is 0 Å². The highest BCUT2D eigenvalue weighted by Crippen LogP contribution is 2.17. The summed E-state index contributed by atoms with van der Waals surface area (Å²) in [6.45, 7) is 2.75. The number of nitrogens with one attached hydrogen (secondary N) is 1. The highest BCUT2D eigenvalue weighted by Gasteiger charge is 2.30. The molecule has 2 atom stereocenters. The van der Waals surface area contributed by atoms with Crippen LogP contribution in [0.5, 0.6) is 0 Å². The Morgan fingerprint density at radius 2 is 2.27 bits per heavy atom. The Labute approximate surface area is 91.0 Å². The fraction of sp³-hybridized carbons (Fsp3) is 0.909. The van der Waals surface area contributed by atoms with E-state index in [2.05, 4.69) is 5.32 Å². The van der Waals surface area contributed by atoms with E-state index in [0.29, 0.717) is 6.04 Å². The van der Waals surface area contributed by atoms with Crippen LogP contribution < -0.4 is 5.32 Å². The first kappa shape index (κ1) is 10.9. The zero-order valence-electron chi connectivity index (χ0n) is 9.37. The van der Waals surface area contributed by atoms with Crippen molar-refractivity contribution in [1.29, 1.82) is 0 Å². The summed E-state index contributed by atoms with van der Waals surface area (Å²) in [6, 6.07) is 0.357. The largest absolute Gasteiger partial charge is 0.368 e. The third kappa shape index (κ3) is 2.49. The number of hydrogen-bond acceptors (Lipinski definition) is 3. The second-order valence-corrected chi connectivity index (χ2v) is 4.45. The first-order valence-corrected chi connectivity index (χ1v) is 5.88. The van der Waals surface area contributed by atoms with Crippen LogP contribution in [0.4, 0.5) is 0 Å². The van der Waals surface area contributed by atoms with E-state index in [1.165, 1.54) is 0 Å². The molecule has 2 saturated heterocycles. The molecule has 2 unspecified atom stereocenters. The summed E-state index contributed by atoms with van der Waals surface area (Å²) in [5.74, 6) is 0.168. The molecule has 1 amide bonds. The molecule has 0 saturated carbocycles. The molecule has 0 spiro atoms. The van der Waals surface area contributed by atoms with Crippen LogP contribution in [-0.2, 0) is 9.53 Å². The van der Waals surface area contributed by atoms with Crippen LogP contribution >= 0.6 is 0 Å². The molecule has 0 radical (unpaired) electrons. The second kappa shape index (κ2) is 4.94. The van der Waals surface area contributed by atoms with E-state index < -0.39 is 0 Å². The summed E-state index contributed by atoms with van der Waals surface area (Å²) in [5, 5.41) is 3.33. The predicted molar refractivity (Wildman–Crippen MR) is 57.6 cm³/mol. The fourth-order valence-corrected chi connectivity index (χ4v) is 2.34. The fourth-order valence-electron chi connectivity index (χ4n) is 2.34. The van der Waals surface area contributed by atoms with Gasteiger partial charge in [0.15, 0.2) is 0 Å². The lowest BCUT2D eigenvalue weighted by Gasteiger charge is -2.33. The lowest BCUT2D eigenvalue weighted by molar-refractivity contribution is -0.142. The molecule has 2 heterocycles. The van der Waals surface area contributed by atoms with Crippen LogP contribution in [0, 0.1) is 0 Å². The molecule has 15 heavy (non-hydrogen) atoms. The second-order valence-electron chi connectivity index (χ2n) is 4.45. The lowest BCUT2D eigenvalue weighted by Crippen LogP contribution is -2.49. The third-order valence-corrected chi connectivity index (χ3v) is 3.37. The van der Waals surface area contributed by atoms with E-state index in [1.807, 2.05) is 11.9 Å². The zero-order valence-corrected chi connectivity index (χ0v) is 9.37. The minimum Gasteiger partial charge on any atom is -0.368 e. The van der Waals surface area contributed by atoms with Gasteiger partial charge in [-0.2, -0.15) is 0 Å². The first-order valence-electron chi connectivity index (χ1n) is 5.88. The van der Waals surface area contributed by atoms with Gasteiger partial charge in [0, 0.05) is 26.2 Å². The summed E-state index contributed by atoms with van der Waals surface area (Å²) in [4.78, 5) is 13.9. The molecular weight excluding hydrogens is 192 g/mol. The van der Waals surface area contributed by atoms with Crippen LogP contribution in [0.2, 0.25) is 0 Å². The standard InChI is InChI=1S/C11H20N2O2/c1-13(9-4-2-6-12-8-9)11(14)10-5-3-7-15-10/h9-10,12H,2-8H2,1H3. The predicted octanol–water partition coefficient (Wildman–Crippen LogP) is 0.376. The summed E-state index contributed by atoms with van der Waals surface area (Å²) in [7, 11) is 1.90. The number of hydrogen-bond donors (Lipinski definition) is 1. The van der Waals surface area contributed by atoms with Crippen molar-refractivity contribution in [3.05, 3.63) is 0 Å². The maximum absolute atomic E-state index is 12.0. The van der Waals surface area contributed by atoms with Crippen molar-refractivity contribution in [3.8, 4) is 0 Å². The average Bonchev–Trinajstić information content (AvgIpc) is 2.82. The number of piperidine rings is 1. The monoisotopic (exact) mass is 212 g/mol.